The van der Waals surface area contributed by atoms with Crippen LogP contribution < -0.4 is 4.74 Å². The van der Waals surface area contributed by atoms with Gasteiger partial charge >= 0.3 is 0 Å². The van der Waals surface area contributed by atoms with Gasteiger partial charge in [0.15, 0.2) is 0 Å². The Morgan fingerprint density at radius 2 is 1.76 bits per heavy atom. The van der Waals surface area contributed by atoms with E-state index in [1.54, 1.807) is 7.11 Å². The smallest absolute Gasteiger partial charge is 0.118 e. The molecule has 0 atom stereocenters. The predicted octanol–water partition coefficient (Wildman–Crippen LogP) is 6.37. The van der Waals surface area contributed by atoms with Crippen molar-refractivity contribution in [2.24, 2.45) is 0 Å². The Morgan fingerprint density at radius 3 is 2.59 bits per heavy atom. The van der Waals surface area contributed by atoms with Crippen LogP contribution in [0.4, 0.5) is 0 Å². The number of ether oxygens (including phenoxy) is 1. The SMILES string of the molecule is CCCCn1cc(-c2c3c4ccccc4nc(-c4ccc(OC)cc4)c3n3ccccc23)nn1. The van der Waals surface area contributed by atoms with Gasteiger partial charge in [0.25, 0.3) is 0 Å². The van der Waals surface area contributed by atoms with E-state index in [4.69, 9.17) is 9.72 Å². The lowest BCUT2D eigenvalue weighted by Gasteiger charge is -2.09. The van der Waals surface area contributed by atoms with Crippen molar-refractivity contribution >= 4 is 27.3 Å². The summed E-state index contributed by atoms with van der Waals surface area (Å²) in [5.74, 6) is 0.824. The van der Waals surface area contributed by atoms with Gasteiger partial charge in [-0.2, -0.15) is 0 Å². The highest BCUT2D eigenvalue weighted by Crippen LogP contribution is 2.42. The average molecular weight is 448 g/mol. The first-order chi connectivity index (χ1) is 16.8. The molecule has 0 aliphatic heterocycles. The molecule has 0 unspecified atom stereocenters. The molecule has 0 saturated heterocycles. The fraction of sp³-hybridized carbons (Fsp3) is 0.179. The van der Waals surface area contributed by atoms with Crippen molar-refractivity contribution in [3.63, 3.8) is 0 Å². The Bertz CT molecular complexity index is 1630. The molecule has 34 heavy (non-hydrogen) atoms. The van der Waals surface area contributed by atoms with Gasteiger partial charge in [0.2, 0.25) is 0 Å². The first-order valence-electron chi connectivity index (χ1n) is 11.6. The number of unbranched alkanes of at least 4 members (excludes halogenated alkanes) is 1. The second-order valence-corrected chi connectivity index (χ2v) is 8.48. The first kappa shape index (κ1) is 20.4. The topological polar surface area (TPSA) is 57.2 Å². The zero-order chi connectivity index (χ0) is 23.1. The molecule has 6 nitrogen and oxygen atoms in total. The van der Waals surface area contributed by atoms with Crippen LogP contribution in [0, 0.1) is 0 Å². The number of aryl methyl sites for hydroxylation is 1. The van der Waals surface area contributed by atoms with Crippen molar-refractivity contribution in [1.29, 1.82) is 0 Å². The van der Waals surface area contributed by atoms with Crippen LogP contribution in [0.1, 0.15) is 19.8 Å². The summed E-state index contributed by atoms with van der Waals surface area (Å²) in [6.45, 7) is 3.05. The number of hydrogen-bond acceptors (Lipinski definition) is 4. The van der Waals surface area contributed by atoms with Crippen LogP contribution in [0.3, 0.4) is 0 Å². The average Bonchev–Trinajstić information content (AvgIpc) is 3.49. The van der Waals surface area contributed by atoms with Gasteiger partial charge < -0.3 is 9.14 Å². The standard InChI is InChI=1S/C28H25N5O/c1-3-4-16-32-18-23(30-31-32)26-24-11-7-8-17-33(24)28-25(26)21-9-5-6-10-22(21)29-27(28)19-12-14-20(34-2)15-13-19/h5-15,17-18H,3-4,16H2,1-2H3. The molecule has 2 aromatic carbocycles. The fourth-order valence-electron chi connectivity index (χ4n) is 4.71. The maximum Gasteiger partial charge on any atom is 0.118 e. The van der Waals surface area contributed by atoms with Crippen molar-refractivity contribution in [3.05, 3.63) is 79.1 Å². The second-order valence-electron chi connectivity index (χ2n) is 8.48. The largest absolute Gasteiger partial charge is 0.497 e. The number of pyridine rings is 2. The minimum atomic E-state index is 0.824. The molecule has 0 amide bonds. The van der Waals surface area contributed by atoms with Gasteiger partial charge in [-0.3, -0.25) is 4.68 Å². The summed E-state index contributed by atoms with van der Waals surface area (Å²) in [6.07, 6.45) is 6.37. The number of rotatable bonds is 6. The molecule has 6 aromatic rings. The Labute approximate surface area is 197 Å². The molecule has 0 aliphatic carbocycles. The van der Waals surface area contributed by atoms with Crippen molar-refractivity contribution in [1.82, 2.24) is 24.4 Å². The van der Waals surface area contributed by atoms with Crippen molar-refractivity contribution in [2.75, 3.05) is 7.11 Å². The number of nitrogens with zero attached hydrogens (tertiary/aromatic N) is 5. The molecule has 0 bridgehead atoms. The van der Waals surface area contributed by atoms with E-state index in [9.17, 15) is 0 Å². The summed E-state index contributed by atoms with van der Waals surface area (Å²) < 4.78 is 9.56. The van der Waals surface area contributed by atoms with Crippen molar-refractivity contribution in [2.45, 2.75) is 26.3 Å². The van der Waals surface area contributed by atoms with Crippen LogP contribution in [0.2, 0.25) is 0 Å². The third kappa shape index (κ3) is 3.22. The molecular formula is C28H25N5O. The number of benzene rings is 2. The lowest BCUT2D eigenvalue weighted by atomic mass is 10.0. The van der Waals surface area contributed by atoms with Crippen LogP contribution >= 0.6 is 0 Å². The van der Waals surface area contributed by atoms with Gasteiger partial charge in [-0.05, 0) is 48.9 Å². The van der Waals surface area contributed by atoms with Gasteiger partial charge in [0.1, 0.15) is 11.4 Å². The van der Waals surface area contributed by atoms with E-state index in [0.717, 1.165) is 75.0 Å². The highest BCUT2D eigenvalue weighted by atomic mass is 16.5. The Kier molecular flexibility index (Phi) is 4.99. The van der Waals surface area contributed by atoms with Crippen LogP contribution in [0.5, 0.6) is 5.75 Å². The van der Waals surface area contributed by atoms with Crippen molar-refractivity contribution < 1.29 is 4.74 Å². The van der Waals surface area contributed by atoms with E-state index in [2.05, 4.69) is 82.6 Å². The highest BCUT2D eigenvalue weighted by molar-refractivity contribution is 6.20. The maximum atomic E-state index is 5.38. The second kappa shape index (κ2) is 8.30. The molecule has 0 spiro atoms. The summed E-state index contributed by atoms with van der Waals surface area (Å²) in [4.78, 5) is 5.13. The summed E-state index contributed by atoms with van der Waals surface area (Å²) in [5.41, 5.74) is 7.06. The highest BCUT2D eigenvalue weighted by Gasteiger charge is 2.22. The minimum absolute atomic E-state index is 0.824. The van der Waals surface area contributed by atoms with Gasteiger partial charge in [0, 0.05) is 34.6 Å². The third-order valence-corrected chi connectivity index (χ3v) is 6.37. The van der Waals surface area contributed by atoms with E-state index in [1.165, 1.54) is 0 Å². The third-order valence-electron chi connectivity index (χ3n) is 6.37. The lowest BCUT2D eigenvalue weighted by Crippen LogP contribution is -1.97. The lowest BCUT2D eigenvalue weighted by molar-refractivity contribution is 0.415. The Hall–Kier alpha value is -4.19. The molecule has 0 aliphatic rings. The Balaban J connectivity index is 1.72. The van der Waals surface area contributed by atoms with E-state index in [0.29, 0.717) is 0 Å². The Morgan fingerprint density at radius 1 is 0.941 bits per heavy atom. The summed E-state index contributed by atoms with van der Waals surface area (Å²) >= 11 is 0. The molecule has 4 heterocycles. The molecule has 0 N–H and O–H groups in total. The van der Waals surface area contributed by atoms with Crippen LogP contribution in [0.25, 0.3) is 49.8 Å². The molecular weight excluding hydrogens is 422 g/mol. The predicted molar refractivity (Wildman–Crippen MR) is 136 cm³/mol. The monoisotopic (exact) mass is 447 g/mol. The summed E-state index contributed by atoms with van der Waals surface area (Å²) in [5, 5.41) is 11.3. The zero-order valence-corrected chi connectivity index (χ0v) is 19.3. The van der Waals surface area contributed by atoms with Crippen LogP contribution in [-0.2, 0) is 6.54 Å². The first-order valence-corrected chi connectivity index (χ1v) is 11.6. The molecule has 0 fully saturated rings. The van der Waals surface area contributed by atoms with Crippen LogP contribution in [-0.4, -0.2) is 31.5 Å². The normalized spacial score (nSPS) is 11.6. The van der Waals surface area contributed by atoms with Crippen LogP contribution in [0.15, 0.2) is 79.1 Å². The van der Waals surface area contributed by atoms with E-state index < -0.39 is 0 Å². The molecule has 168 valence electrons. The molecule has 6 heteroatoms. The quantitative estimate of drug-likeness (QED) is 0.297. The molecule has 6 rings (SSSR count). The summed E-state index contributed by atoms with van der Waals surface area (Å²) in [6, 6.07) is 22.7. The minimum Gasteiger partial charge on any atom is -0.497 e. The number of hydrogen-bond donors (Lipinski definition) is 0. The van der Waals surface area contributed by atoms with Gasteiger partial charge in [-0.25, -0.2) is 4.98 Å². The van der Waals surface area contributed by atoms with E-state index in [1.807, 2.05) is 22.9 Å². The number of aromatic nitrogens is 5. The maximum absolute atomic E-state index is 5.38. The fourth-order valence-corrected chi connectivity index (χ4v) is 4.71. The van der Waals surface area contributed by atoms with E-state index >= 15 is 0 Å². The number of para-hydroxylation sites is 1. The molecule has 4 aromatic heterocycles. The van der Waals surface area contributed by atoms with E-state index in [-0.39, 0.29) is 0 Å². The summed E-state index contributed by atoms with van der Waals surface area (Å²) in [7, 11) is 1.68. The molecule has 0 saturated carbocycles. The van der Waals surface area contributed by atoms with Gasteiger partial charge in [-0.15, -0.1) is 5.10 Å². The number of fused-ring (bicyclic) bond motifs is 5. The van der Waals surface area contributed by atoms with Gasteiger partial charge in [-0.1, -0.05) is 42.8 Å². The van der Waals surface area contributed by atoms with Crippen molar-refractivity contribution in [3.8, 4) is 28.3 Å². The number of methoxy groups -OCH3 is 1. The van der Waals surface area contributed by atoms with Gasteiger partial charge in [0.05, 0.1) is 35.6 Å². The molecule has 0 radical (unpaired) electrons. The zero-order valence-electron chi connectivity index (χ0n) is 19.3.